The molecule has 0 spiro atoms. The number of hydrogen-bond acceptors (Lipinski definition) is 4. The molecule has 2 aromatic rings. The smallest absolute Gasteiger partial charge is 0.257 e. The minimum absolute atomic E-state index is 0.0688. The van der Waals surface area contributed by atoms with Gasteiger partial charge in [0.15, 0.2) is 0 Å². The largest absolute Gasteiger partial charge is 0.376 e. The van der Waals surface area contributed by atoms with Gasteiger partial charge in [0.1, 0.15) is 5.00 Å². The van der Waals surface area contributed by atoms with Crippen LogP contribution in [0.1, 0.15) is 56.8 Å². The Morgan fingerprint density at radius 2 is 1.97 bits per heavy atom. The van der Waals surface area contributed by atoms with Gasteiger partial charge in [-0.05, 0) is 62.3 Å². The van der Waals surface area contributed by atoms with Crippen LogP contribution in [0.2, 0.25) is 10.0 Å². The summed E-state index contributed by atoms with van der Waals surface area (Å²) in [5, 5.41) is 7.24. The van der Waals surface area contributed by atoms with Gasteiger partial charge < -0.3 is 15.4 Å². The molecule has 29 heavy (non-hydrogen) atoms. The van der Waals surface area contributed by atoms with Crippen molar-refractivity contribution in [1.29, 1.82) is 0 Å². The van der Waals surface area contributed by atoms with E-state index in [0.29, 0.717) is 27.7 Å². The summed E-state index contributed by atoms with van der Waals surface area (Å²) in [7, 11) is 0. The third-order valence-corrected chi connectivity index (χ3v) is 7.07. The molecular formula is C21H22Cl2N2O3S. The summed E-state index contributed by atoms with van der Waals surface area (Å²) in [6.45, 7) is 1.23. The third kappa shape index (κ3) is 4.61. The molecule has 1 saturated heterocycles. The lowest BCUT2D eigenvalue weighted by Gasteiger charge is -2.15. The molecule has 1 aliphatic heterocycles. The second-order valence-electron chi connectivity index (χ2n) is 7.34. The fourth-order valence-corrected chi connectivity index (χ4v) is 5.61. The van der Waals surface area contributed by atoms with E-state index in [0.717, 1.165) is 50.7 Å². The Morgan fingerprint density at radius 3 is 2.72 bits per heavy atom. The highest BCUT2D eigenvalue weighted by Crippen LogP contribution is 2.38. The molecule has 1 fully saturated rings. The lowest BCUT2D eigenvalue weighted by atomic mass is 9.95. The van der Waals surface area contributed by atoms with Gasteiger partial charge in [-0.1, -0.05) is 23.2 Å². The lowest BCUT2D eigenvalue weighted by Crippen LogP contribution is -2.32. The number of amides is 2. The highest BCUT2D eigenvalue weighted by atomic mass is 35.5. The van der Waals surface area contributed by atoms with Crippen molar-refractivity contribution < 1.29 is 14.3 Å². The first-order valence-electron chi connectivity index (χ1n) is 9.83. The predicted molar refractivity (Wildman–Crippen MR) is 117 cm³/mol. The number of thiophene rings is 1. The van der Waals surface area contributed by atoms with E-state index in [1.807, 2.05) is 0 Å². The summed E-state index contributed by atoms with van der Waals surface area (Å²) in [5.74, 6) is -0.504. The Balaban J connectivity index is 1.57. The van der Waals surface area contributed by atoms with Gasteiger partial charge in [0.05, 0.1) is 22.3 Å². The van der Waals surface area contributed by atoms with Crippen LogP contribution in [0, 0.1) is 0 Å². The number of carbonyl (C=O) groups is 2. The molecule has 2 amide bonds. The Kier molecular flexibility index (Phi) is 6.44. The number of carbonyl (C=O) groups excluding carboxylic acids is 2. The van der Waals surface area contributed by atoms with Gasteiger partial charge in [0.25, 0.3) is 11.8 Å². The zero-order valence-corrected chi connectivity index (χ0v) is 18.2. The minimum atomic E-state index is -0.349. The second kappa shape index (κ2) is 9.04. The third-order valence-electron chi connectivity index (χ3n) is 5.32. The summed E-state index contributed by atoms with van der Waals surface area (Å²) in [6, 6.07) is 4.74. The average molecular weight is 453 g/mol. The number of hydrogen-bond donors (Lipinski definition) is 2. The van der Waals surface area contributed by atoms with E-state index in [2.05, 4.69) is 10.6 Å². The van der Waals surface area contributed by atoms with Gasteiger partial charge in [-0.15, -0.1) is 11.3 Å². The summed E-state index contributed by atoms with van der Waals surface area (Å²) < 4.78 is 5.60. The maximum absolute atomic E-state index is 13.0. The molecule has 4 rings (SSSR count). The first-order chi connectivity index (χ1) is 14.0. The highest BCUT2D eigenvalue weighted by molar-refractivity contribution is 7.17. The molecule has 2 heterocycles. The van der Waals surface area contributed by atoms with Crippen molar-refractivity contribution >= 4 is 51.4 Å². The molecule has 0 bridgehead atoms. The first kappa shape index (κ1) is 20.7. The molecule has 5 nitrogen and oxygen atoms in total. The SMILES string of the molecule is O=C(Nc1sc2c(c1C(=O)NC[C@H]1CCCO1)CCCC2)c1ccc(Cl)cc1Cl. The quantitative estimate of drug-likeness (QED) is 0.663. The van der Waals surface area contributed by atoms with Crippen molar-refractivity contribution in [2.45, 2.75) is 44.6 Å². The molecule has 0 unspecified atom stereocenters. The fraction of sp³-hybridized carbons (Fsp3) is 0.429. The van der Waals surface area contributed by atoms with Crippen LogP contribution >= 0.6 is 34.5 Å². The van der Waals surface area contributed by atoms with Crippen molar-refractivity contribution in [3.05, 3.63) is 49.8 Å². The highest BCUT2D eigenvalue weighted by Gasteiger charge is 2.27. The van der Waals surface area contributed by atoms with Gasteiger partial charge >= 0.3 is 0 Å². The Morgan fingerprint density at radius 1 is 1.14 bits per heavy atom. The molecule has 1 atom stereocenters. The van der Waals surface area contributed by atoms with Gasteiger partial charge in [0.2, 0.25) is 0 Å². The van der Waals surface area contributed by atoms with E-state index < -0.39 is 0 Å². The van der Waals surface area contributed by atoms with Crippen LogP contribution in [0.25, 0.3) is 0 Å². The van der Waals surface area contributed by atoms with E-state index >= 15 is 0 Å². The number of rotatable bonds is 5. The summed E-state index contributed by atoms with van der Waals surface area (Å²) in [5.41, 5.74) is 1.97. The van der Waals surface area contributed by atoms with E-state index in [1.54, 1.807) is 12.1 Å². The Hall–Kier alpha value is -1.60. The number of benzene rings is 1. The minimum Gasteiger partial charge on any atom is -0.376 e. The zero-order chi connectivity index (χ0) is 20.4. The molecule has 2 N–H and O–H groups in total. The molecular weight excluding hydrogens is 431 g/mol. The zero-order valence-electron chi connectivity index (χ0n) is 15.9. The Bertz CT molecular complexity index is 938. The average Bonchev–Trinajstić information content (AvgIpc) is 3.33. The topological polar surface area (TPSA) is 67.4 Å². The van der Waals surface area contributed by atoms with Crippen LogP contribution in [0.15, 0.2) is 18.2 Å². The number of aryl methyl sites for hydroxylation is 1. The molecule has 2 aliphatic rings. The van der Waals surface area contributed by atoms with Gasteiger partial charge in [-0.25, -0.2) is 0 Å². The summed E-state index contributed by atoms with van der Waals surface area (Å²) in [6.07, 6.45) is 5.99. The maximum Gasteiger partial charge on any atom is 0.257 e. The Labute approximate surface area is 183 Å². The van der Waals surface area contributed by atoms with E-state index in [4.69, 9.17) is 27.9 Å². The van der Waals surface area contributed by atoms with Crippen molar-refractivity contribution in [2.75, 3.05) is 18.5 Å². The van der Waals surface area contributed by atoms with Crippen molar-refractivity contribution in [3.63, 3.8) is 0 Å². The molecule has 0 radical (unpaired) electrons. The van der Waals surface area contributed by atoms with Crippen molar-refractivity contribution in [3.8, 4) is 0 Å². The number of halogens is 2. The summed E-state index contributed by atoms with van der Waals surface area (Å²) >= 11 is 13.6. The predicted octanol–water partition coefficient (Wildman–Crippen LogP) is 5.09. The monoisotopic (exact) mass is 452 g/mol. The molecule has 154 valence electrons. The van der Waals surface area contributed by atoms with E-state index in [-0.39, 0.29) is 22.9 Å². The first-order valence-corrected chi connectivity index (χ1v) is 11.4. The van der Waals surface area contributed by atoms with Crippen LogP contribution in [-0.4, -0.2) is 31.1 Å². The number of ether oxygens (including phenoxy) is 1. The van der Waals surface area contributed by atoms with Gasteiger partial charge in [-0.3, -0.25) is 9.59 Å². The summed E-state index contributed by atoms with van der Waals surface area (Å²) in [4.78, 5) is 27.0. The molecule has 8 heteroatoms. The lowest BCUT2D eigenvalue weighted by molar-refractivity contribution is 0.0858. The molecule has 1 aliphatic carbocycles. The molecule has 1 aromatic heterocycles. The van der Waals surface area contributed by atoms with E-state index in [9.17, 15) is 9.59 Å². The number of anilines is 1. The van der Waals surface area contributed by atoms with E-state index in [1.165, 1.54) is 22.3 Å². The van der Waals surface area contributed by atoms with Crippen LogP contribution in [0.5, 0.6) is 0 Å². The standard InChI is InChI=1S/C21H22Cl2N2O3S/c22-12-7-8-14(16(23)10-12)19(26)25-21-18(15-5-1-2-6-17(15)29-21)20(27)24-11-13-4-3-9-28-13/h7-8,10,13H,1-6,9,11H2,(H,24,27)(H,25,26)/t13-/m1/s1. The van der Waals surface area contributed by atoms with Crippen LogP contribution in [0.3, 0.4) is 0 Å². The normalized spacial score (nSPS) is 18.3. The van der Waals surface area contributed by atoms with Crippen LogP contribution in [-0.2, 0) is 17.6 Å². The van der Waals surface area contributed by atoms with Crippen molar-refractivity contribution in [2.24, 2.45) is 0 Å². The second-order valence-corrected chi connectivity index (χ2v) is 9.29. The number of nitrogens with one attached hydrogen (secondary N) is 2. The van der Waals surface area contributed by atoms with Crippen LogP contribution in [0.4, 0.5) is 5.00 Å². The van der Waals surface area contributed by atoms with Gasteiger partial charge in [0, 0.05) is 23.1 Å². The fourth-order valence-electron chi connectivity index (χ4n) is 3.84. The molecule has 1 aromatic carbocycles. The molecule has 0 saturated carbocycles. The van der Waals surface area contributed by atoms with Gasteiger partial charge in [-0.2, -0.15) is 0 Å². The maximum atomic E-state index is 13.0. The van der Waals surface area contributed by atoms with Crippen LogP contribution < -0.4 is 10.6 Å². The number of fused-ring (bicyclic) bond motifs is 1. The van der Waals surface area contributed by atoms with Crippen molar-refractivity contribution in [1.82, 2.24) is 5.32 Å².